The van der Waals surface area contributed by atoms with E-state index < -0.39 is 5.56 Å². The van der Waals surface area contributed by atoms with Gasteiger partial charge in [0.15, 0.2) is 11.5 Å². The predicted octanol–water partition coefficient (Wildman–Crippen LogP) is 1.05. The van der Waals surface area contributed by atoms with Gasteiger partial charge >= 0.3 is 0 Å². The number of fused-ring (bicyclic) bond motifs is 1. The molecule has 0 unspecified atom stereocenters. The molecule has 5 rings (SSSR count). The van der Waals surface area contributed by atoms with E-state index in [0.717, 1.165) is 12.8 Å². The topological polar surface area (TPSA) is 151 Å². The fourth-order valence-corrected chi connectivity index (χ4v) is 3.55. The molecule has 0 spiro atoms. The molecule has 13 heteroatoms. The molecule has 1 saturated carbocycles. The minimum atomic E-state index is -0.397. The van der Waals surface area contributed by atoms with Crippen LogP contribution in [0.15, 0.2) is 47.8 Å². The van der Waals surface area contributed by atoms with Crippen molar-refractivity contribution < 1.29 is 9.59 Å². The molecule has 0 radical (unpaired) electrons. The lowest BCUT2D eigenvalue weighted by Gasteiger charge is -2.12. The van der Waals surface area contributed by atoms with Crippen LogP contribution in [-0.4, -0.2) is 73.0 Å². The van der Waals surface area contributed by atoms with E-state index >= 15 is 0 Å². The first-order chi connectivity index (χ1) is 17.4. The molecule has 0 aliphatic heterocycles. The number of nitrogens with zero attached hydrogens (tertiary/aromatic N) is 7. The Kier molecular flexibility index (Phi) is 5.80. The molecular weight excluding hydrogens is 464 g/mol. The first kappa shape index (κ1) is 23.0. The maximum atomic E-state index is 13.2. The minimum Gasteiger partial charge on any atom is -0.373 e. The highest BCUT2D eigenvalue weighted by Gasteiger charge is 2.26. The van der Waals surface area contributed by atoms with Crippen molar-refractivity contribution in [3.8, 4) is 5.82 Å². The Bertz CT molecular complexity index is 1520. The van der Waals surface area contributed by atoms with Gasteiger partial charge in [-0.3, -0.25) is 19.0 Å². The van der Waals surface area contributed by atoms with Gasteiger partial charge in [-0.25, -0.2) is 15.0 Å². The number of anilines is 3. The lowest BCUT2D eigenvalue weighted by Crippen LogP contribution is -2.25. The number of hydrogen-bond acceptors (Lipinski definition) is 9. The average molecular weight is 489 g/mol. The van der Waals surface area contributed by atoms with E-state index in [2.05, 4.69) is 36.0 Å². The normalized spacial score (nSPS) is 12.9. The summed E-state index contributed by atoms with van der Waals surface area (Å²) in [5, 5.41) is 13.3. The zero-order valence-corrected chi connectivity index (χ0v) is 19.9. The van der Waals surface area contributed by atoms with Crippen molar-refractivity contribution in [1.82, 2.24) is 39.3 Å². The Labute approximate surface area is 205 Å². The summed E-state index contributed by atoms with van der Waals surface area (Å²) < 4.78 is 2.84. The van der Waals surface area contributed by atoms with Crippen molar-refractivity contribution >= 4 is 34.8 Å². The highest BCUT2D eigenvalue weighted by Crippen LogP contribution is 2.23. The average Bonchev–Trinajstić information content (AvgIpc) is 3.59. The first-order valence-electron chi connectivity index (χ1n) is 11.3. The monoisotopic (exact) mass is 488 g/mol. The molecule has 0 atom stereocenters. The summed E-state index contributed by atoms with van der Waals surface area (Å²) in [6.45, 7) is 0. The van der Waals surface area contributed by atoms with Crippen molar-refractivity contribution in [3.63, 3.8) is 0 Å². The molecule has 4 heterocycles. The fourth-order valence-electron chi connectivity index (χ4n) is 3.55. The molecule has 1 aliphatic carbocycles. The summed E-state index contributed by atoms with van der Waals surface area (Å²) in [4.78, 5) is 52.2. The second-order valence-electron chi connectivity index (χ2n) is 8.50. The molecule has 3 N–H and O–H groups in total. The fraction of sp³-hybridized carbons (Fsp3) is 0.261. The number of hydrogen-bond donors (Lipinski definition) is 3. The molecule has 2 amide bonds. The Morgan fingerprint density at radius 1 is 1.14 bits per heavy atom. The molecule has 1 aliphatic rings. The molecule has 36 heavy (non-hydrogen) atoms. The van der Waals surface area contributed by atoms with Crippen molar-refractivity contribution in [2.75, 3.05) is 31.8 Å². The molecule has 184 valence electrons. The van der Waals surface area contributed by atoms with Crippen LogP contribution in [-0.2, 0) is 0 Å². The third-order valence-corrected chi connectivity index (χ3v) is 5.61. The van der Waals surface area contributed by atoms with Gasteiger partial charge in [0.2, 0.25) is 0 Å². The van der Waals surface area contributed by atoms with E-state index in [0.29, 0.717) is 22.8 Å². The summed E-state index contributed by atoms with van der Waals surface area (Å²) in [5.74, 6) is 0.657. The van der Waals surface area contributed by atoms with Gasteiger partial charge in [0, 0.05) is 39.4 Å². The quantitative estimate of drug-likeness (QED) is 0.347. The van der Waals surface area contributed by atoms with Crippen LogP contribution < -0.4 is 21.5 Å². The van der Waals surface area contributed by atoms with E-state index in [4.69, 9.17) is 0 Å². The second-order valence-corrected chi connectivity index (χ2v) is 8.50. The van der Waals surface area contributed by atoms with Crippen molar-refractivity contribution in [3.05, 3.63) is 64.6 Å². The van der Waals surface area contributed by atoms with Crippen molar-refractivity contribution in [1.29, 1.82) is 0 Å². The Hall–Kier alpha value is -4.81. The summed E-state index contributed by atoms with van der Waals surface area (Å²) >= 11 is 0. The van der Waals surface area contributed by atoms with Crippen LogP contribution in [0.3, 0.4) is 0 Å². The summed E-state index contributed by atoms with van der Waals surface area (Å²) in [5.41, 5.74) is 0.702. The van der Waals surface area contributed by atoms with Crippen LogP contribution in [0.1, 0.15) is 33.7 Å². The maximum absolute atomic E-state index is 13.2. The lowest BCUT2D eigenvalue weighted by molar-refractivity contribution is 0.0821. The van der Waals surface area contributed by atoms with E-state index in [-0.39, 0.29) is 35.1 Å². The Balaban J connectivity index is 1.47. The Morgan fingerprint density at radius 2 is 1.94 bits per heavy atom. The molecule has 0 saturated heterocycles. The molecular formula is C23H24N10O3. The maximum Gasteiger partial charge on any atom is 0.280 e. The number of nitrogens with one attached hydrogen (secondary N) is 3. The van der Waals surface area contributed by atoms with E-state index in [1.165, 1.54) is 32.6 Å². The van der Waals surface area contributed by atoms with Gasteiger partial charge in [-0.15, -0.1) is 0 Å². The van der Waals surface area contributed by atoms with E-state index in [9.17, 15) is 14.4 Å². The molecule has 13 nitrogen and oxygen atoms in total. The van der Waals surface area contributed by atoms with Gasteiger partial charge < -0.3 is 20.9 Å². The zero-order chi connectivity index (χ0) is 25.4. The highest BCUT2D eigenvalue weighted by molar-refractivity contribution is 6.00. The van der Waals surface area contributed by atoms with Gasteiger partial charge in [0.05, 0.1) is 18.6 Å². The standard InChI is InChI=1S/C23H24N10O3/c1-24-18-9-17(30-20-14(10-27-33(18)20)21(34)28-13-6-7-13)29-15-5-4-8-32(23(15)36)19-12-25-16(11-26-19)22(35)31(2)3/h4-5,8-13,24H,6-7H2,1-3H3,(H,28,34)(H,29,30). The number of amides is 2. The zero-order valence-electron chi connectivity index (χ0n) is 19.9. The molecule has 0 bridgehead atoms. The third-order valence-electron chi connectivity index (χ3n) is 5.61. The number of carbonyl (C=O) groups excluding carboxylic acids is 2. The van der Waals surface area contributed by atoms with Crippen LogP contribution in [0.25, 0.3) is 11.5 Å². The van der Waals surface area contributed by atoms with Gasteiger partial charge in [0.1, 0.15) is 28.6 Å². The van der Waals surface area contributed by atoms with Crippen LogP contribution >= 0.6 is 0 Å². The van der Waals surface area contributed by atoms with Gasteiger partial charge in [-0.05, 0) is 25.0 Å². The molecule has 1 fully saturated rings. The largest absolute Gasteiger partial charge is 0.373 e. The molecule has 0 aromatic carbocycles. The lowest BCUT2D eigenvalue weighted by atomic mass is 10.3. The van der Waals surface area contributed by atoms with E-state index in [1.54, 1.807) is 45.5 Å². The van der Waals surface area contributed by atoms with Gasteiger partial charge in [0.25, 0.3) is 17.4 Å². The van der Waals surface area contributed by atoms with Crippen molar-refractivity contribution in [2.45, 2.75) is 18.9 Å². The highest BCUT2D eigenvalue weighted by atomic mass is 16.2. The second kappa shape index (κ2) is 9.09. The summed E-state index contributed by atoms with van der Waals surface area (Å²) in [6.07, 6.45) is 7.65. The third kappa shape index (κ3) is 4.33. The number of aromatic nitrogens is 6. The van der Waals surface area contributed by atoms with Crippen LogP contribution in [0.5, 0.6) is 0 Å². The number of pyridine rings is 1. The van der Waals surface area contributed by atoms with Gasteiger partial charge in [-0.1, -0.05) is 0 Å². The number of rotatable bonds is 7. The predicted molar refractivity (Wildman–Crippen MR) is 132 cm³/mol. The first-order valence-corrected chi connectivity index (χ1v) is 11.3. The van der Waals surface area contributed by atoms with Crippen LogP contribution in [0.2, 0.25) is 0 Å². The number of carbonyl (C=O) groups is 2. The smallest absolute Gasteiger partial charge is 0.280 e. The SMILES string of the molecule is CNc1cc(Nc2cccn(-c3cnc(C(=O)N(C)C)cn3)c2=O)nc2c(C(=O)NC3CC3)cnn12. The Morgan fingerprint density at radius 3 is 2.61 bits per heavy atom. The van der Waals surface area contributed by atoms with E-state index in [1.807, 2.05) is 0 Å². The molecule has 4 aromatic heterocycles. The summed E-state index contributed by atoms with van der Waals surface area (Å²) in [6, 6.07) is 5.16. The van der Waals surface area contributed by atoms with Crippen LogP contribution in [0.4, 0.5) is 17.3 Å². The van der Waals surface area contributed by atoms with Crippen molar-refractivity contribution in [2.24, 2.45) is 0 Å². The molecule has 4 aromatic rings. The van der Waals surface area contributed by atoms with Gasteiger partial charge in [-0.2, -0.15) is 9.61 Å². The van der Waals surface area contributed by atoms with Crippen LogP contribution in [0, 0.1) is 0 Å². The summed E-state index contributed by atoms with van der Waals surface area (Å²) in [7, 11) is 4.97. The minimum absolute atomic E-state index is 0.172.